The van der Waals surface area contributed by atoms with E-state index in [1.165, 1.54) is 0 Å². The second-order valence-corrected chi connectivity index (χ2v) is 4.22. The average Bonchev–Trinajstić information content (AvgIpc) is 2.39. The van der Waals surface area contributed by atoms with Gasteiger partial charge in [-0.1, -0.05) is 0 Å². The number of ether oxygens (including phenoxy) is 2. The maximum Gasteiger partial charge on any atom is 0.119 e. The molecule has 0 radical (unpaired) electrons. The third-order valence-corrected chi connectivity index (χ3v) is 2.91. The first-order valence-electron chi connectivity index (χ1n) is 6.01. The van der Waals surface area contributed by atoms with Gasteiger partial charge in [0.15, 0.2) is 0 Å². The zero-order valence-corrected chi connectivity index (χ0v) is 11.2. The summed E-state index contributed by atoms with van der Waals surface area (Å²) in [4.78, 5) is 2.12. The van der Waals surface area contributed by atoms with Gasteiger partial charge in [-0.3, -0.25) is 4.90 Å². The average molecular weight is 248 g/mol. The van der Waals surface area contributed by atoms with Crippen LogP contribution in [0.25, 0.3) is 0 Å². The normalized spacial score (nSPS) is 11.9. The van der Waals surface area contributed by atoms with E-state index in [4.69, 9.17) is 14.7 Å². The van der Waals surface area contributed by atoms with Gasteiger partial charge in [0.25, 0.3) is 0 Å². The molecule has 0 aliphatic carbocycles. The van der Waals surface area contributed by atoms with Crippen molar-refractivity contribution in [2.75, 3.05) is 27.3 Å². The lowest BCUT2D eigenvalue weighted by atomic mass is 10.2. The van der Waals surface area contributed by atoms with Crippen LogP contribution in [0.15, 0.2) is 24.3 Å². The Balaban J connectivity index is 2.30. The number of likely N-dealkylation sites (N-methyl/N-ethyl adjacent to an activating group) is 1. The molecular formula is C14H20N2O2. The Kier molecular flexibility index (Phi) is 6.03. The molecule has 0 saturated heterocycles. The molecule has 18 heavy (non-hydrogen) atoms. The maximum atomic E-state index is 8.62. The summed E-state index contributed by atoms with van der Waals surface area (Å²) in [5, 5.41) is 8.62. The predicted octanol–water partition coefficient (Wildman–Crippen LogP) is 2.31. The lowest BCUT2D eigenvalue weighted by molar-refractivity contribution is 0.201. The number of hydrogen-bond acceptors (Lipinski definition) is 4. The van der Waals surface area contributed by atoms with E-state index in [2.05, 4.69) is 11.0 Å². The molecule has 4 heteroatoms. The second-order valence-electron chi connectivity index (χ2n) is 4.22. The Morgan fingerprint density at radius 2 is 1.89 bits per heavy atom. The molecule has 0 aromatic heterocycles. The molecule has 0 bridgehead atoms. The molecule has 0 aliphatic rings. The van der Waals surface area contributed by atoms with Gasteiger partial charge in [-0.2, -0.15) is 5.26 Å². The number of rotatable bonds is 7. The van der Waals surface area contributed by atoms with E-state index in [1.54, 1.807) is 7.11 Å². The topological polar surface area (TPSA) is 45.5 Å². The van der Waals surface area contributed by atoms with Crippen LogP contribution in [-0.2, 0) is 0 Å². The first-order chi connectivity index (χ1) is 8.67. The molecule has 1 rings (SSSR count). The lowest BCUT2D eigenvalue weighted by Gasteiger charge is -2.22. The molecule has 0 spiro atoms. The highest BCUT2D eigenvalue weighted by atomic mass is 16.5. The molecule has 4 nitrogen and oxygen atoms in total. The van der Waals surface area contributed by atoms with Gasteiger partial charge in [-0.05, 0) is 38.2 Å². The molecule has 0 fully saturated rings. The largest absolute Gasteiger partial charge is 0.497 e. The van der Waals surface area contributed by atoms with Crippen LogP contribution in [0, 0.1) is 11.3 Å². The highest BCUT2D eigenvalue weighted by molar-refractivity contribution is 5.31. The number of benzene rings is 1. The van der Waals surface area contributed by atoms with E-state index in [0.717, 1.165) is 18.0 Å². The van der Waals surface area contributed by atoms with Gasteiger partial charge >= 0.3 is 0 Å². The van der Waals surface area contributed by atoms with Gasteiger partial charge in [-0.15, -0.1) is 0 Å². The van der Waals surface area contributed by atoms with Gasteiger partial charge in [0.05, 0.1) is 19.6 Å². The van der Waals surface area contributed by atoms with Crippen LogP contribution in [0.3, 0.4) is 0 Å². The van der Waals surface area contributed by atoms with Crippen molar-refractivity contribution >= 4 is 0 Å². The van der Waals surface area contributed by atoms with Crippen LogP contribution < -0.4 is 9.47 Å². The zero-order valence-electron chi connectivity index (χ0n) is 11.2. The van der Waals surface area contributed by atoms with Crippen LogP contribution in [0.4, 0.5) is 0 Å². The molecule has 0 unspecified atom stereocenters. The summed E-state index contributed by atoms with van der Waals surface area (Å²) in [5.41, 5.74) is 0. The third-order valence-electron chi connectivity index (χ3n) is 2.91. The van der Waals surface area contributed by atoms with Crippen molar-refractivity contribution in [3.63, 3.8) is 0 Å². The van der Waals surface area contributed by atoms with Crippen molar-refractivity contribution in [2.45, 2.75) is 19.4 Å². The first kappa shape index (κ1) is 14.3. The molecule has 98 valence electrons. The fraction of sp³-hybridized carbons (Fsp3) is 0.500. The van der Waals surface area contributed by atoms with Gasteiger partial charge in [-0.25, -0.2) is 0 Å². The van der Waals surface area contributed by atoms with Crippen molar-refractivity contribution < 1.29 is 9.47 Å². The van der Waals surface area contributed by atoms with Crippen molar-refractivity contribution in [2.24, 2.45) is 0 Å². The smallest absolute Gasteiger partial charge is 0.119 e. The number of methoxy groups -OCH3 is 1. The molecule has 0 saturated carbocycles. The van der Waals surface area contributed by atoms with E-state index in [0.29, 0.717) is 13.0 Å². The molecule has 0 N–H and O–H groups in total. The van der Waals surface area contributed by atoms with E-state index >= 15 is 0 Å². The quantitative estimate of drug-likeness (QED) is 0.743. The predicted molar refractivity (Wildman–Crippen MR) is 70.8 cm³/mol. The summed E-state index contributed by atoms with van der Waals surface area (Å²) in [7, 11) is 3.64. The highest BCUT2D eigenvalue weighted by Crippen LogP contribution is 2.16. The highest BCUT2D eigenvalue weighted by Gasteiger charge is 2.08. The van der Waals surface area contributed by atoms with Crippen molar-refractivity contribution in [3.05, 3.63) is 24.3 Å². The molecule has 0 amide bonds. The summed E-state index contributed by atoms with van der Waals surface area (Å²) in [6.45, 7) is 3.45. The fourth-order valence-electron chi connectivity index (χ4n) is 1.49. The SMILES string of the molecule is COc1ccc(OCCN(C)[C@H](C)CC#N)cc1. The summed E-state index contributed by atoms with van der Waals surface area (Å²) in [6, 6.07) is 9.95. The standard InChI is InChI=1S/C14H20N2O2/c1-12(8-9-15)16(2)10-11-18-14-6-4-13(17-3)5-7-14/h4-7,12H,8,10-11H2,1-3H3/t12-/m1/s1. The Morgan fingerprint density at radius 1 is 1.28 bits per heavy atom. The van der Waals surface area contributed by atoms with Gasteiger partial charge in [0, 0.05) is 12.6 Å². The summed E-state index contributed by atoms with van der Waals surface area (Å²) in [5.74, 6) is 1.65. The summed E-state index contributed by atoms with van der Waals surface area (Å²) < 4.78 is 10.7. The second kappa shape index (κ2) is 7.57. The van der Waals surface area contributed by atoms with Gasteiger partial charge in [0.2, 0.25) is 0 Å². The molecule has 1 atom stereocenters. The van der Waals surface area contributed by atoms with E-state index in [9.17, 15) is 0 Å². The minimum absolute atomic E-state index is 0.259. The van der Waals surface area contributed by atoms with Crippen LogP contribution in [0.1, 0.15) is 13.3 Å². The molecule has 0 aliphatic heterocycles. The number of nitrogens with zero attached hydrogens (tertiary/aromatic N) is 2. The van der Waals surface area contributed by atoms with E-state index in [-0.39, 0.29) is 6.04 Å². The Labute approximate surface area is 109 Å². The molecule has 1 aromatic rings. The van der Waals surface area contributed by atoms with Crippen molar-refractivity contribution in [1.29, 1.82) is 5.26 Å². The van der Waals surface area contributed by atoms with Crippen LogP contribution in [0.5, 0.6) is 11.5 Å². The van der Waals surface area contributed by atoms with Crippen molar-refractivity contribution in [1.82, 2.24) is 4.90 Å². The van der Waals surface area contributed by atoms with E-state index in [1.807, 2.05) is 38.2 Å². The number of nitriles is 1. The molecule has 1 aromatic carbocycles. The van der Waals surface area contributed by atoms with E-state index < -0.39 is 0 Å². The Bertz CT molecular complexity index is 384. The van der Waals surface area contributed by atoms with Crippen molar-refractivity contribution in [3.8, 4) is 17.6 Å². The fourth-order valence-corrected chi connectivity index (χ4v) is 1.49. The van der Waals surface area contributed by atoms with Crippen LogP contribution in [-0.4, -0.2) is 38.3 Å². The van der Waals surface area contributed by atoms with Crippen LogP contribution in [0.2, 0.25) is 0 Å². The monoisotopic (exact) mass is 248 g/mol. The summed E-state index contributed by atoms with van der Waals surface area (Å²) >= 11 is 0. The first-order valence-corrected chi connectivity index (χ1v) is 6.01. The zero-order chi connectivity index (χ0) is 13.4. The van der Waals surface area contributed by atoms with Crippen LogP contribution >= 0.6 is 0 Å². The maximum absolute atomic E-state index is 8.62. The van der Waals surface area contributed by atoms with Gasteiger partial charge < -0.3 is 9.47 Å². The Morgan fingerprint density at radius 3 is 2.44 bits per heavy atom. The van der Waals surface area contributed by atoms with Gasteiger partial charge in [0.1, 0.15) is 18.1 Å². The minimum Gasteiger partial charge on any atom is -0.497 e. The summed E-state index contributed by atoms with van der Waals surface area (Å²) in [6.07, 6.45) is 0.541. The molecule has 0 heterocycles. The lowest BCUT2D eigenvalue weighted by Crippen LogP contribution is -2.32. The molecular weight excluding hydrogens is 228 g/mol. The minimum atomic E-state index is 0.259. The third kappa shape index (κ3) is 4.64. The Hall–Kier alpha value is -1.73. The number of hydrogen-bond donors (Lipinski definition) is 0.